The molecule has 0 unspecified atom stereocenters. The van der Waals surface area contributed by atoms with Gasteiger partial charge in [0.2, 0.25) is 6.54 Å². The number of hydrogen-bond acceptors (Lipinski definition) is 3. The quantitative estimate of drug-likeness (QED) is 0.547. The van der Waals surface area contributed by atoms with Gasteiger partial charge in [-0.2, -0.15) is 0 Å². The molecule has 0 bridgehead atoms. The lowest BCUT2D eigenvalue weighted by atomic mass is 10.2. The fourth-order valence-corrected chi connectivity index (χ4v) is 1.09. The van der Waals surface area contributed by atoms with Crippen LogP contribution < -0.4 is 4.74 Å². The number of benzene rings is 1. The first-order chi connectivity index (χ1) is 6.58. The summed E-state index contributed by atoms with van der Waals surface area (Å²) in [6, 6.07) is 6.92. The average molecular weight is 195 g/mol. The second-order valence-electron chi connectivity index (χ2n) is 3.30. The molecule has 0 aliphatic carbocycles. The molecule has 0 heterocycles. The molecule has 0 aliphatic heterocycles. The van der Waals surface area contributed by atoms with Crippen LogP contribution in [0, 0.1) is 10.1 Å². The van der Waals surface area contributed by atoms with E-state index in [4.69, 9.17) is 4.74 Å². The summed E-state index contributed by atoms with van der Waals surface area (Å²) in [5.74, 6) is 0.743. The van der Waals surface area contributed by atoms with Crippen LogP contribution in [0.3, 0.4) is 0 Å². The van der Waals surface area contributed by atoms with Crippen molar-refractivity contribution in [1.82, 2.24) is 0 Å². The largest absolute Gasteiger partial charge is 0.491 e. The Morgan fingerprint density at radius 2 is 1.93 bits per heavy atom. The van der Waals surface area contributed by atoms with Gasteiger partial charge in [-0.25, -0.2) is 0 Å². The van der Waals surface area contributed by atoms with Crippen LogP contribution in [-0.2, 0) is 6.54 Å². The molecular weight excluding hydrogens is 182 g/mol. The fourth-order valence-electron chi connectivity index (χ4n) is 1.09. The Morgan fingerprint density at radius 3 is 2.36 bits per heavy atom. The predicted octanol–water partition coefficient (Wildman–Crippen LogP) is 2.25. The van der Waals surface area contributed by atoms with Crippen molar-refractivity contribution in [2.75, 3.05) is 0 Å². The Kier molecular flexibility index (Phi) is 3.45. The van der Waals surface area contributed by atoms with Crippen molar-refractivity contribution >= 4 is 0 Å². The number of nitro groups is 1. The Hall–Kier alpha value is -1.58. The van der Waals surface area contributed by atoms with E-state index < -0.39 is 0 Å². The van der Waals surface area contributed by atoms with Gasteiger partial charge in [0, 0.05) is 10.5 Å². The van der Waals surface area contributed by atoms with Crippen LogP contribution in [0.1, 0.15) is 19.4 Å². The monoisotopic (exact) mass is 195 g/mol. The average Bonchev–Trinajstić information content (AvgIpc) is 2.06. The van der Waals surface area contributed by atoms with Crippen molar-refractivity contribution in [3.8, 4) is 5.75 Å². The zero-order valence-electron chi connectivity index (χ0n) is 8.27. The van der Waals surface area contributed by atoms with Gasteiger partial charge in [0.15, 0.2) is 0 Å². The molecule has 0 aromatic heterocycles. The van der Waals surface area contributed by atoms with Crippen LogP contribution in [-0.4, -0.2) is 11.0 Å². The van der Waals surface area contributed by atoms with Gasteiger partial charge in [-0.3, -0.25) is 10.1 Å². The standard InChI is InChI=1S/C10H13NO3/c1-8(2)14-10-5-3-9(4-6-10)7-11(12)13/h3-6,8H,7H2,1-2H3. The van der Waals surface area contributed by atoms with Gasteiger partial charge < -0.3 is 4.74 Å². The number of rotatable bonds is 4. The summed E-state index contributed by atoms with van der Waals surface area (Å²) < 4.78 is 5.40. The van der Waals surface area contributed by atoms with Crippen molar-refractivity contribution in [2.24, 2.45) is 0 Å². The van der Waals surface area contributed by atoms with Gasteiger partial charge in [-0.15, -0.1) is 0 Å². The first-order valence-electron chi connectivity index (χ1n) is 4.45. The molecule has 0 atom stereocenters. The second-order valence-corrected chi connectivity index (χ2v) is 3.30. The Labute approximate surface area is 82.7 Å². The summed E-state index contributed by atoms with van der Waals surface area (Å²) in [6.07, 6.45) is 0.122. The van der Waals surface area contributed by atoms with E-state index in [1.54, 1.807) is 24.3 Å². The van der Waals surface area contributed by atoms with Crippen LogP contribution in [0.25, 0.3) is 0 Å². The van der Waals surface area contributed by atoms with Gasteiger partial charge >= 0.3 is 0 Å². The SMILES string of the molecule is CC(C)Oc1ccc(C[N+](=O)[O-])cc1. The third-order valence-corrected chi connectivity index (χ3v) is 1.61. The van der Waals surface area contributed by atoms with Crippen molar-refractivity contribution in [3.63, 3.8) is 0 Å². The molecule has 4 nitrogen and oxygen atoms in total. The van der Waals surface area contributed by atoms with Crippen LogP contribution in [0.15, 0.2) is 24.3 Å². The second kappa shape index (κ2) is 4.60. The number of ether oxygens (including phenoxy) is 1. The summed E-state index contributed by atoms with van der Waals surface area (Å²) in [4.78, 5) is 9.86. The van der Waals surface area contributed by atoms with Gasteiger partial charge in [0.25, 0.3) is 0 Å². The van der Waals surface area contributed by atoms with Crippen molar-refractivity contribution in [2.45, 2.75) is 26.5 Å². The molecular formula is C10H13NO3. The predicted molar refractivity (Wildman–Crippen MR) is 52.9 cm³/mol. The van der Waals surface area contributed by atoms with E-state index in [-0.39, 0.29) is 17.6 Å². The van der Waals surface area contributed by atoms with Gasteiger partial charge in [0.1, 0.15) is 5.75 Å². The summed E-state index contributed by atoms with van der Waals surface area (Å²) in [5, 5.41) is 10.2. The summed E-state index contributed by atoms with van der Waals surface area (Å²) in [5.41, 5.74) is 0.686. The van der Waals surface area contributed by atoms with Crippen molar-refractivity contribution < 1.29 is 9.66 Å². The molecule has 1 rings (SSSR count). The molecule has 0 N–H and O–H groups in total. The van der Waals surface area contributed by atoms with Crippen LogP contribution in [0.4, 0.5) is 0 Å². The lowest BCUT2D eigenvalue weighted by Gasteiger charge is -2.09. The first-order valence-corrected chi connectivity index (χ1v) is 4.45. The smallest absolute Gasteiger partial charge is 0.228 e. The lowest BCUT2D eigenvalue weighted by Crippen LogP contribution is -2.05. The summed E-state index contributed by atoms with van der Waals surface area (Å²) >= 11 is 0. The van der Waals surface area contributed by atoms with E-state index in [1.165, 1.54) is 0 Å². The Bertz CT molecular complexity index is 306. The molecule has 4 heteroatoms. The molecule has 1 aromatic carbocycles. The fraction of sp³-hybridized carbons (Fsp3) is 0.400. The zero-order valence-corrected chi connectivity index (χ0v) is 8.27. The minimum absolute atomic E-state index is 0.122. The molecule has 0 amide bonds. The maximum absolute atomic E-state index is 10.2. The molecule has 0 aliphatic rings. The highest BCUT2D eigenvalue weighted by molar-refractivity contribution is 5.26. The first kappa shape index (κ1) is 10.5. The van der Waals surface area contributed by atoms with E-state index >= 15 is 0 Å². The lowest BCUT2D eigenvalue weighted by molar-refractivity contribution is -0.496. The summed E-state index contributed by atoms with van der Waals surface area (Å²) in [6.45, 7) is 3.73. The van der Waals surface area contributed by atoms with E-state index in [1.807, 2.05) is 13.8 Å². The zero-order chi connectivity index (χ0) is 10.6. The molecule has 76 valence electrons. The highest BCUT2D eigenvalue weighted by Gasteiger charge is 2.02. The van der Waals surface area contributed by atoms with Crippen LogP contribution >= 0.6 is 0 Å². The minimum atomic E-state index is -0.349. The molecule has 0 saturated carbocycles. The summed E-state index contributed by atoms with van der Waals surface area (Å²) in [7, 11) is 0. The highest BCUT2D eigenvalue weighted by atomic mass is 16.6. The van der Waals surface area contributed by atoms with Crippen molar-refractivity contribution in [1.29, 1.82) is 0 Å². The Balaban J connectivity index is 2.63. The van der Waals surface area contributed by atoms with Crippen LogP contribution in [0.2, 0.25) is 0 Å². The molecule has 0 spiro atoms. The van der Waals surface area contributed by atoms with E-state index in [2.05, 4.69) is 0 Å². The minimum Gasteiger partial charge on any atom is -0.491 e. The third kappa shape index (κ3) is 3.43. The van der Waals surface area contributed by atoms with Gasteiger partial charge in [0.05, 0.1) is 6.10 Å². The van der Waals surface area contributed by atoms with Crippen LogP contribution in [0.5, 0.6) is 5.75 Å². The Morgan fingerprint density at radius 1 is 1.36 bits per heavy atom. The van der Waals surface area contributed by atoms with E-state index in [0.29, 0.717) is 5.56 Å². The van der Waals surface area contributed by atoms with Gasteiger partial charge in [-0.05, 0) is 38.1 Å². The maximum atomic E-state index is 10.2. The van der Waals surface area contributed by atoms with Gasteiger partial charge in [-0.1, -0.05) is 0 Å². The van der Waals surface area contributed by atoms with E-state index in [0.717, 1.165) is 5.75 Å². The normalized spacial score (nSPS) is 10.2. The highest BCUT2D eigenvalue weighted by Crippen LogP contribution is 2.13. The molecule has 0 radical (unpaired) electrons. The number of nitrogens with zero attached hydrogens (tertiary/aromatic N) is 1. The number of hydrogen-bond donors (Lipinski definition) is 0. The maximum Gasteiger partial charge on any atom is 0.228 e. The van der Waals surface area contributed by atoms with E-state index in [9.17, 15) is 10.1 Å². The molecule has 1 aromatic rings. The van der Waals surface area contributed by atoms with Crippen molar-refractivity contribution in [3.05, 3.63) is 39.9 Å². The molecule has 0 fully saturated rings. The molecule has 14 heavy (non-hydrogen) atoms. The molecule has 0 saturated heterocycles. The topological polar surface area (TPSA) is 52.4 Å². The third-order valence-electron chi connectivity index (χ3n) is 1.61.